The van der Waals surface area contributed by atoms with Gasteiger partial charge in [-0.3, -0.25) is 0 Å². The number of piperazine rings is 1. The Kier molecular flexibility index (Phi) is 2.96. The van der Waals surface area contributed by atoms with E-state index >= 15 is 0 Å². The molecule has 0 aliphatic carbocycles. The normalized spacial score (nSPS) is 21.8. The molecule has 0 saturated carbocycles. The summed E-state index contributed by atoms with van der Waals surface area (Å²) in [6.45, 7) is 9.93. The molecule has 0 radical (unpaired) electrons. The fourth-order valence-electron chi connectivity index (χ4n) is 2.31. The molecule has 1 aromatic rings. The summed E-state index contributed by atoms with van der Waals surface area (Å²) in [5.74, 6) is 0. The monoisotopic (exact) mass is 204 g/mol. The summed E-state index contributed by atoms with van der Waals surface area (Å²) in [7, 11) is 0. The van der Waals surface area contributed by atoms with Crippen LogP contribution in [-0.4, -0.2) is 25.7 Å². The maximum absolute atomic E-state index is 3.47. The van der Waals surface area contributed by atoms with E-state index in [1.807, 2.05) is 0 Å². The highest BCUT2D eigenvalue weighted by Crippen LogP contribution is 2.22. The number of anilines is 1. The molecule has 2 nitrogen and oxygen atoms in total. The van der Waals surface area contributed by atoms with Crippen molar-refractivity contribution in [1.82, 2.24) is 5.32 Å². The van der Waals surface area contributed by atoms with Crippen LogP contribution in [0.15, 0.2) is 18.2 Å². The van der Waals surface area contributed by atoms with Gasteiger partial charge in [-0.05, 0) is 32.4 Å². The molecule has 1 aliphatic heterocycles. The van der Waals surface area contributed by atoms with Crippen LogP contribution in [0.1, 0.15) is 18.1 Å². The summed E-state index contributed by atoms with van der Waals surface area (Å²) in [6.07, 6.45) is 0. The average molecular weight is 204 g/mol. The molecule has 15 heavy (non-hydrogen) atoms. The molecule has 1 atom stereocenters. The minimum Gasteiger partial charge on any atom is -0.368 e. The maximum Gasteiger partial charge on any atom is 0.0397 e. The largest absolute Gasteiger partial charge is 0.368 e. The Morgan fingerprint density at radius 3 is 2.80 bits per heavy atom. The van der Waals surface area contributed by atoms with Gasteiger partial charge in [0, 0.05) is 31.4 Å². The fraction of sp³-hybridized carbons (Fsp3) is 0.538. The lowest BCUT2D eigenvalue weighted by molar-refractivity contribution is 0.484. The van der Waals surface area contributed by atoms with Gasteiger partial charge in [-0.2, -0.15) is 0 Å². The number of rotatable bonds is 1. The molecule has 2 heteroatoms. The summed E-state index contributed by atoms with van der Waals surface area (Å²) < 4.78 is 0. The van der Waals surface area contributed by atoms with Crippen molar-refractivity contribution in [3.63, 3.8) is 0 Å². The zero-order chi connectivity index (χ0) is 10.8. The van der Waals surface area contributed by atoms with Crippen LogP contribution >= 0.6 is 0 Å². The van der Waals surface area contributed by atoms with Crippen molar-refractivity contribution in [1.29, 1.82) is 0 Å². The second kappa shape index (κ2) is 4.23. The van der Waals surface area contributed by atoms with Gasteiger partial charge in [0.15, 0.2) is 0 Å². The van der Waals surface area contributed by atoms with E-state index in [0.29, 0.717) is 6.04 Å². The molecule has 1 aliphatic rings. The first kappa shape index (κ1) is 10.5. The van der Waals surface area contributed by atoms with Gasteiger partial charge in [-0.15, -0.1) is 0 Å². The average Bonchev–Trinajstić information content (AvgIpc) is 2.17. The molecule has 1 N–H and O–H groups in total. The number of aryl methyl sites for hydroxylation is 2. The molecule has 1 aromatic carbocycles. The van der Waals surface area contributed by atoms with Crippen LogP contribution in [0.3, 0.4) is 0 Å². The van der Waals surface area contributed by atoms with Crippen molar-refractivity contribution in [2.75, 3.05) is 24.5 Å². The lowest BCUT2D eigenvalue weighted by Gasteiger charge is -2.34. The number of hydrogen-bond donors (Lipinski definition) is 1. The minimum atomic E-state index is 0.597. The Labute approximate surface area is 92.3 Å². The van der Waals surface area contributed by atoms with Crippen LogP contribution in [0.25, 0.3) is 0 Å². The Bertz CT molecular complexity index is 346. The molecule has 82 valence electrons. The van der Waals surface area contributed by atoms with Crippen LogP contribution in [0.2, 0.25) is 0 Å². The van der Waals surface area contributed by atoms with E-state index in [1.54, 1.807) is 0 Å². The Morgan fingerprint density at radius 2 is 2.13 bits per heavy atom. The third kappa shape index (κ3) is 2.32. The maximum atomic E-state index is 3.47. The van der Waals surface area contributed by atoms with Crippen molar-refractivity contribution >= 4 is 5.69 Å². The van der Waals surface area contributed by atoms with Gasteiger partial charge in [0.05, 0.1) is 0 Å². The van der Waals surface area contributed by atoms with E-state index in [2.05, 4.69) is 49.2 Å². The summed E-state index contributed by atoms with van der Waals surface area (Å²) in [5, 5.41) is 3.47. The molecule has 1 saturated heterocycles. The Balaban J connectivity index is 2.21. The van der Waals surface area contributed by atoms with Gasteiger partial charge in [-0.1, -0.05) is 17.7 Å². The van der Waals surface area contributed by atoms with Crippen LogP contribution < -0.4 is 10.2 Å². The zero-order valence-corrected chi connectivity index (χ0v) is 9.88. The van der Waals surface area contributed by atoms with Crippen LogP contribution in [-0.2, 0) is 0 Å². The Hall–Kier alpha value is -1.02. The fourth-order valence-corrected chi connectivity index (χ4v) is 2.31. The molecular formula is C13H20N2. The highest BCUT2D eigenvalue weighted by molar-refractivity contribution is 5.54. The number of hydrogen-bond acceptors (Lipinski definition) is 2. The highest BCUT2D eigenvalue weighted by atomic mass is 15.2. The molecular weight excluding hydrogens is 184 g/mol. The van der Waals surface area contributed by atoms with E-state index in [0.717, 1.165) is 19.6 Å². The lowest BCUT2D eigenvalue weighted by atomic mass is 10.1. The van der Waals surface area contributed by atoms with Gasteiger partial charge < -0.3 is 10.2 Å². The predicted molar refractivity (Wildman–Crippen MR) is 65.6 cm³/mol. The van der Waals surface area contributed by atoms with Crippen LogP contribution in [0.5, 0.6) is 0 Å². The number of benzene rings is 1. The second-order valence-corrected chi connectivity index (χ2v) is 4.59. The van der Waals surface area contributed by atoms with Crippen molar-refractivity contribution in [2.24, 2.45) is 0 Å². The second-order valence-electron chi connectivity index (χ2n) is 4.59. The van der Waals surface area contributed by atoms with Gasteiger partial charge in [0.2, 0.25) is 0 Å². The first-order valence-corrected chi connectivity index (χ1v) is 5.72. The van der Waals surface area contributed by atoms with E-state index in [1.165, 1.54) is 16.8 Å². The smallest absolute Gasteiger partial charge is 0.0397 e. The quantitative estimate of drug-likeness (QED) is 0.753. The summed E-state index contributed by atoms with van der Waals surface area (Å²) in [5.41, 5.74) is 4.14. The highest BCUT2D eigenvalue weighted by Gasteiger charge is 2.16. The zero-order valence-electron chi connectivity index (χ0n) is 9.88. The summed E-state index contributed by atoms with van der Waals surface area (Å²) in [4.78, 5) is 2.48. The molecule has 0 amide bonds. The minimum absolute atomic E-state index is 0.597. The van der Waals surface area contributed by atoms with Gasteiger partial charge in [0.1, 0.15) is 0 Å². The van der Waals surface area contributed by atoms with Gasteiger partial charge in [-0.25, -0.2) is 0 Å². The molecule has 0 bridgehead atoms. The van der Waals surface area contributed by atoms with Crippen molar-refractivity contribution in [2.45, 2.75) is 26.8 Å². The summed E-state index contributed by atoms with van der Waals surface area (Å²) >= 11 is 0. The summed E-state index contributed by atoms with van der Waals surface area (Å²) in [6, 6.07) is 7.32. The van der Waals surface area contributed by atoms with E-state index in [9.17, 15) is 0 Å². The topological polar surface area (TPSA) is 15.3 Å². The third-order valence-electron chi connectivity index (χ3n) is 3.06. The molecule has 1 fully saturated rings. The number of nitrogens with zero attached hydrogens (tertiary/aromatic N) is 1. The van der Waals surface area contributed by atoms with E-state index < -0.39 is 0 Å². The first-order chi connectivity index (χ1) is 7.16. The molecule has 0 aromatic heterocycles. The molecule has 0 spiro atoms. The van der Waals surface area contributed by atoms with Gasteiger partial charge in [0.25, 0.3) is 0 Å². The molecule has 2 rings (SSSR count). The van der Waals surface area contributed by atoms with Crippen LogP contribution in [0.4, 0.5) is 5.69 Å². The van der Waals surface area contributed by atoms with Crippen molar-refractivity contribution < 1.29 is 0 Å². The van der Waals surface area contributed by atoms with Gasteiger partial charge >= 0.3 is 0 Å². The first-order valence-electron chi connectivity index (χ1n) is 5.72. The van der Waals surface area contributed by atoms with Crippen molar-refractivity contribution in [3.05, 3.63) is 29.3 Å². The third-order valence-corrected chi connectivity index (χ3v) is 3.06. The van der Waals surface area contributed by atoms with E-state index in [4.69, 9.17) is 0 Å². The molecule has 1 heterocycles. The van der Waals surface area contributed by atoms with Crippen LogP contribution in [0, 0.1) is 13.8 Å². The lowest BCUT2D eigenvalue weighted by Crippen LogP contribution is -2.49. The molecule has 0 unspecified atom stereocenters. The van der Waals surface area contributed by atoms with Crippen molar-refractivity contribution in [3.8, 4) is 0 Å². The Morgan fingerprint density at radius 1 is 1.33 bits per heavy atom. The SMILES string of the molecule is Cc1ccc(N2CCN[C@H](C)C2)c(C)c1. The van der Waals surface area contributed by atoms with E-state index in [-0.39, 0.29) is 0 Å². The standard InChI is InChI=1S/C13H20N2/c1-10-4-5-13(11(2)8-10)15-7-6-14-12(3)9-15/h4-5,8,12,14H,6-7,9H2,1-3H3/t12-/m1/s1. The predicted octanol–water partition coefficient (Wildman–Crippen LogP) is 2.10. The number of nitrogens with one attached hydrogen (secondary N) is 1.